The molecule has 6 heteroatoms. The van der Waals surface area contributed by atoms with Gasteiger partial charge in [0, 0.05) is 10.9 Å². The van der Waals surface area contributed by atoms with E-state index in [1.807, 2.05) is 17.5 Å². The lowest BCUT2D eigenvalue weighted by Gasteiger charge is -1.86. The van der Waals surface area contributed by atoms with Crippen LogP contribution < -0.4 is 0 Å². The van der Waals surface area contributed by atoms with Crippen LogP contribution in [0.15, 0.2) is 29.0 Å². The van der Waals surface area contributed by atoms with E-state index >= 15 is 0 Å². The van der Waals surface area contributed by atoms with Crippen molar-refractivity contribution in [1.29, 1.82) is 0 Å². The van der Waals surface area contributed by atoms with Crippen molar-refractivity contribution in [3.05, 3.63) is 31.8 Å². The van der Waals surface area contributed by atoms with E-state index in [4.69, 9.17) is 0 Å². The highest BCUT2D eigenvalue weighted by molar-refractivity contribution is 14.1. The van der Waals surface area contributed by atoms with Gasteiger partial charge >= 0.3 is 0 Å². The number of hydrogen-bond donors (Lipinski definition) is 1. The first-order valence-corrected chi connectivity index (χ1v) is 7.37. The molecule has 3 aromatic heterocycles. The smallest absolute Gasteiger partial charge is 0.182 e. The number of thiophene rings is 2. The molecule has 0 bridgehead atoms. The van der Waals surface area contributed by atoms with Gasteiger partial charge in [0.05, 0.1) is 7.76 Å². The Morgan fingerprint density at radius 2 is 2.25 bits per heavy atom. The first-order valence-electron chi connectivity index (χ1n) is 4.53. The summed E-state index contributed by atoms with van der Waals surface area (Å²) in [5.41, 5.74) is 1.08. The van der Waals surface area contributed by atoms with Gasteiger partial charge in [-0.2, -0.15) is 5.10 Å². The van der Waals surface area contributed by atoms with E-state index in [0.29, 0.717) is 0 Å². The third-order valence-corrected chi connectivity index (χ3v) is 4.73. The largest absolute Gasteiger partial charge is 0.258 e. The highest BCUT2D eigenvalue weighted by Gasteiger charge is 2.09. The second kappa shape index (κ2) is 4.27. The number of hydrogen-bond acceptors (Lipinski definition) is 4. The second-order valence-electron chi connectivity index (χ2n) is 3.12. The van der Waals surface area contributed by atoms with Crippen LogP contribution in [0.3, 0.4) is 0 Å². The van der Waals surface area contributed by atoms with Gasteiger partial charge in [-0.25, -0.2) is 4.98 Å². The number of nitrogens with one attached hydrogen (secondary N) is 1. The molecule has 0 aliphatic heterocycles. The van der Waals surface area contributed by atoms with E-state index < -0.39 is 0 Å². The van der Waals surface area contributed by atoms with Gasteiger partial charge in [0.15, 0.2) is 11.6 Å². The number of rotatable bonds is 2. The molecule has 0 amide bonds. The Morgan fingerprint density at radius 1 is 1.31 bits per heavy atom. The fourth-order valence-electron chi connectivity index (χ4n) is 1.34. The normalized spacial score (nSPS) is 10.8. The third-order valence-electron chi connectivity index (χ3n) is 2.07. The van der Waals surface area contributed by atoms with Crippen molar-refractivity contribution in [2.75, 3.05) is 0 Å². The van der Waals surface area contributed by atoms with E-state index in [9.17, 15) is 0 Å². The lowest BCUT2D eigenvalue weighted by molar-refractivity contribution is 1.10. The van der Waals surface area contributed by atoms with Crippen LogP contribution in [0.4, 0.5) is 0 Å². The van der Waals surface area contributed by atoms with Crippen LogP contribution in [0.5, 0.6) is 0 Å². The molecule has 0 aromatic carbocycles. The van der Waals surface area contributed by atoms with E-state index in [2.05, 4.69) is 49.2 Å². The third kappa shape index (κ3) is 1.92. The van der Waals surface area contributed by atoms with Gasteiger partial charge < -0.3 is 0 Å². The van der Waals surface area contributed by atoms with Crippen molar-refractivity contribution >= 4 is 45.3 Å². The van der Waals surface area contributed by atoms with Crippen molar-refractivity contribution in [3.63, 3.8) is 0 Å². The minimum atomic E-state index is 0.766. The molecule has 0 atom stereocenters. The summed E-state index contributed by atoms with van der Waals surface area (Å²) < 4.78 is 1.25. The molecule has 3 rings (SSSR count). The summed E-state index contributed by atoms with van der Waals surface area (Å²) in [6.07, 6.45) is 0. The maximum atomic E-state index is 4.48. The maximum absolute atomic E-state index is 4.48. The van der Waals surface area contributed by atoms with Crippen LogP contribution in [0, 0.1) is 2.88 Å². The van der Waals surface area contributed by atoms with Gasteiger partial charge in [-0.05, 0) is 40.1 Å². The Morgan fingerprint density at radius 3 is 2.94 bits per heavy atom. The topological polar surface area (TPSA) is 41.6 Å². The Kier molecular flexibility index (Phi) is 2.78. The fourth-order valence-corrected chi connectivity index (χ4v) is 3.33. The molecule has 1 N–H and O–H groups in total. The number of aromatic nitrogens is 3. The minimum Gasteiger partial charge on any atom is -0.258 e. The summed E-state index contributed by atoms with van der Waals surface area (Å²) in [6.45, 7) is 0. The molecular formula is C10H6IN3S2. The van der Waals surface area contributed by atoms with Crippen molar-refractivity contribution in [2.24, 2.45) is 0 Å². The zero-order valence-electron chi connectivity index (χ0n) is 7.98. The Balaban J connectivity index is 2.00. The molecule has 0 fully saturated rings. The first-order chi connectivity index (χ1) is 7.83. The highest BCUT2D eigenvalue weighted by Crippen LogP contribution is 2.26. The van der Waals surface area contributed by atoms with E-state index in [1.54, 1.807) is 22.7 Å². The Hall–Kier alpha value is -0.730. The molecule has 16 heavy (non-hydrogen) atoms. The second-order valence-corrected chi connectivity index (χ2v) is 6.88. The molecule has 3 nitrogen and oxygen atoms in total. The van der Waals surface area contributed by atoms with Gasteiger partial charge in [0.25, 0.3) is 0 Å². The highest BCUT2D eigenvalue weighted by atomic mass is 127. The van der Waals surface area contributed by atoms with Crippen LogP contribution >= 0.6 is 45.3 Å². The molecule has 80 valence electrons. The predicted octanol–water partition coefficient (Wildman–Crippen LogP) is 3.87. The summed E-state index contributed by atoms with van der Waals surface area (Å²) in [5.74, 6) is 1.61. The molecule has 0 aliphatic carbocycles. The molecule has 0 saturated carbocycles. The van der Waals surface area contributed by atoms with Crippen LogP contribution in [0.25, 0.3) is 22.1 Å². The van der Waals surface area contributed by atoms with E-state index in [-0.39, 0.29) is 0 Å². The lowest BCUT2D eigenvalue weighted by atomic mass is 10.3. The molecule has 0 radical (unpaired) electrons. The fraction of sp³-hybridized carbons (Fsp3) is 0. The average molecular weight is 359 g/mol. The minimum absolute atomic E-state index is 0.766. The van der Waals surface area contributed by atoms with E-state index in [1.165, 1.54) is 2.88 Å². The van der Waals surface area contributed by atoms with Crippen molar-refractivity contribution < 1.29 is 0 Å². The summed E-state index contributed by atoms with van der Waals surface area (Å²) in [6, 6.07) is 6.13. The number of nitrogens with zero attached hydrogens (tertiary/aromatic N) is 2. The number of aromatic amines is 1. The van der Waals surface area contributed by atoms with Gasteiger partial charge in [0.2, 0.25) is 0 Å². The van der Waals surface area contributed by atoms with Gasteiger partial charge in [-0.15, -0.1) is 22.7 Å². The van der Waals surface area contributed by atoms with E-state index in [0.717, 1.165) is 22.1 Å². The number of H-pyrrole nitrogens is 1. The lowest BCUT2D eigenvalue weighted by Crippen LogP contribution is -1.76. The summed E-state index contributed by atoms with van der Waals surface area (Å²) >= 11 is 5.66. The van der Waals surface area contributed by atoms with Crippen LogP contribution in [-0.4, -0.2) is 15.2 Å². The molecule has 0 saturated heterocycles. The monoisotopic (exact) mass is 359 g/mol. The molecule has 3 heterocycles. The SMILES string of the molecule is Ic1cc(-c2n[nH]c(-c3cccs3)n2)cs1. The van der Waals surface area contributed by atoms with Crippen LogP contribution in [-0.2, 0) is 0 Å². The summed E-state index contributed by atoms with van der Waals surface area (Å²) in [4.78, 5) is 5.60. The van der Waals surface area contributed by atoms with Crippen molar-refractivity contribution in [1.82, 2.24) is 15.2 Å². The molecule has 0 aliphatic rings. The zero-order valence-corrected chi connectivity index (χ0v) is 11.8. The summed E-state index contributed by atoms with van der Waals surface area (Å²) in [7, 11) is 0. The predicted molar refractivity (Wildman–Crippen MR) is 75.7 cm³/mol. The maximum Gasteiger partial charge on any atom is 0.182 e. The average Bonchev–Trinajstić information content (AvgIpc) is 2.97. The molecule has 0 spiro atoms. The molecular weight excluding hydrogens is 353 g/mol. The first kappa shape index (κ1) is 10.4. The van der Waals surface area contributed by atoms with Crippen LogP contribution in [0.1, 0.15) is 0 Å². The Bertz CT molecular complexity index is 597. The summed E-state index contributed by atoms with van der Waals surface area (Å²) in [5, 5.41) is 11.3. The quantitative estimate of drug-likeness (QED) is 0.706. The zero-order chi connectivity index (χ0) is 11.0. The van der Waals surface area contributed by atoms with Crippen molar-refractivity contribution in [2.45, 2.75) is 0 Å². The standard InChI is InChI=1S/C10H6IN3S2/c11-8-4-6(5-16-8)9-12-10(14-13-9)7-2-1-3-15-7/h1-5H,(H,12,13,14). The van der Waals surface area contributed by atoms with Crippen molar-refractivity contribution in [3.8, 4) is 22.1 Å². The number of halogens is 1. The van der Waals surface area contributed by atoms with Gasteiger partial charge in [-0.3, -0.25) is 5.10 Å². The molecule has 3 aromatic rings. The van der Waals surface area contributed by atoms with Gasteiger partial charge in [0.1, 0.15) is 0 Å². The van der Waals surface area contributed by atoms with Crippen LogP contribution in [0.2, 0.25) is 0 Å². The molecule has 0 unspecified atom stereocenters. The Labute approximate surface area is 114 Å². The van der Waals surface area contributed by atoms with Gasteiger partial charge in [-0.1, -0.05) is 6.07 Å².